The monoisotopic (exact) mass is 603 g/mol. The molecule has 226 valence electrons. The van der Waals surface area contributed by atoms with Crippen molar-refractivity contribution in [1.82, 2.24) is 14.8 Å². The highest BCUT2D eigenvalue weighted by molar-refractivity contribution is 5.89. The molecule has 12 heteroatoms. The molecule has 0 bridgehead atoms. The predicted octanol–water partition coefficient (Wildman–Crippen LogP) is 8.37. The zero-order valence-corrected chi connectivity index (χ0v) is 22.9. The molecular weight excluding hydrogens is 576 g/mol. The lowest BCUT2D eigenvalue weighted by molar-refractivity contribution is -0.182. The van der Waals surface area contributed by atoms with Gasteiger partial charge >= 0.3 is 18.3 Å². The minimum atomic E-state index is -4.99. The first-order chi connectivity index (χ1) is 20.3. The molecule has 0 unspecified atom stereocenters. The predicted molar refractivity (Wildman–Crippen MR) is 145 cm³/mol. The number of pyridine rings is 1. The second-order valence-corrected chi connectivity index (χ2v) is 10.6. The Morgan fingerprint density at radius 3 is 2.30 bits per heavy atom. The van der Waals surface area contributed by atoms with Crippen LogP contribution in [0.15, 0.2) is 66.9 Å². The third kappa shape index (κ3) is 6.68. The van der Waals surface area contributed by atoms with E-state index >= 15 is 0 Å². The molecule has 0 radical (unpaired) electrons. The topological polar surface area (TPSA) is 77.2 Å². The highest BCUT2D eigenvalue weighted by Gasteiger charge is 2.42. The molecule has 4 aromatic rings. The van der Waals surface area contributed by atoms with Crippen LogP contribution in [0.3, 0.4) is 0 Å². The Labute approximate surface area is 243 Å². The standard InChI is InChI=1S/C31H27F6N3O3/c1-18-5-14-26(43-17-19-6-8-20(9-7-19)21-10-12-22(13-11-21)30(32,33)34)23(15-18)25-3-2-4-27(39-25)40-28(31(35,36)37)24(16-38-40)29(41)42/h2-9,14-16,21-22H,10-13,17H2,1H3,(H,41,42). The highest BCUT2D eigenvalue weighted by atomic mass is 19.4. The van der Waals surface area contributed by atoms with Gasteiger partial charge in [0.2, 0.25) is 0 Å². The summed E-state index contributed by atoms with van der Waals surface area (Å²) in [7, 11) is 0. The van der Waals surface area contributed by atoms with Crippen molar-refractivity contribution in [2.45, 2.75) is 57.5 Å². The van der Waals surface area contributed by atoms with E-state index in [4.69, 9.17) is 4.74 Å². The van der Waals surface area contributed by atoms with Crippen molar-refractivity contribution in [2.24, 2.45) is 5.92 Å². The number of hydrogen-bond acceptors (Lipinski definition) is 4. The van der Waals surface area contributed by atoms with Crippen molar-refractivity contribution in [1.29, 1.82) is 0 Å². The molecule has 1 N–H and O–H groups in total. The Kier molecular flexibility index (Phi) is 8.22. The van der Waals surface area contributed by atoms with E-state index < -0.39 is 35.5 Å². The van der Waals surface area contributed by atoms with Crippen LogP contribution in [0, 0.1) is 12.8 Å². The van der Waals surface area contributed by atoms with Crippen LogP contribution in [-0.2, 0) is 12.8 Å². The van der Waals surface area contributed by atoms with Crippen LogP contribution < -0.4 is 4.74 Å². The fourth-order valence-corrected chi connectivity index (χ4v) is 5.41. The van der Waals surface area contributed by atoms with Gasteiger partial charge in [0.05, 0.1) is 17.8 Å². The molecule has 43 heavy (non-hydrogen) atoms. The number of aromatic carboxylic acids is 1. The van der Waals surface area contributed by atoms with Crippen molar-refractivity contribution >= 4 is 5.97 Å². The summed E-state index contributed by atoms with van der Waals surface area (Å²) in [5.41, 5.74) is 1.04. The Hall–Kier alpha value is -4.35. The molecule has 0 saturated heterocycles. The van der Waals surface area contributed by atoms with E-state index in [2.05, 4.69) is 10.1 Å². The van der Waals surface area contributed by atoms with Gasteiger partial charge in [0.25, 0.3) is 0 Å². The number of ether oxygens (including phenoxy) is 1. The summed E-state index contributed by atoms with van der Waals surface area (Å²) >= 11 is 0. The van der Waals surface area contributed by atoms with E-state index in [1.54, 1.807) is 18.2 Å². The lowest BCUT2D eigenvalue weighted by atomic mass is 9.78. The lowest BCUT2D eigenvalue weighted by Gasteiger charge is -2.30. The van der Waals surface area contributed by atoms with E-state index in [1.165, 1.54) is 12.1 Å². The van der Waals surface area contributed by atoms with Crippen LogP contribution >= 0.6 is 0 Å². The van der Waals surface area contributed by atoms with Gasteiger partial charge in [-0.15, -0.1) is 0 Å². The Morgan fingerprint density at radius 1 is 0.977 bits per heavy atom. The second-order valence-electron chi connectivity index (χ2n) is 10.6. The first kappa shape index (κ1) is 30.1. The maximum Gasteiger partial charge on any atom is 0.434 e. The van der Waals surface area contributed by atoms with Gasteiger partial charge in [-0.25, -0.2) is 14.5 Å². The van der Waals surface area contributed by atoms with Crippen molar-refractivity contribution in [3.63, 3.8) is 0 Å². The molecular formula is C31H27F6N3O3. The number of alkyl halides is 6. The average molecular weight is 604 g/mol. The summed E-state index contributed by atoms with van der Waals surface area (Å²) in [6.07, 6.45) is -7.27. The minimum absolute atomic E-state index is 0.0786. The summed E-state index contributed by atoms with van der Waals surface area (Å²) in [5, 5.41) is 12.9. The fraction of sp³-hybridized carbons (Fsp3) is 0.323. The molecule has 1 saturated carbocycles. The summed E-state index contributed by atoms with van der Waals surface area (Å²) in [6, 6.07) is 17.3. The molecule has 0 spiro atoms. The average Bonchev–Trinajstić information content (AvgIpc) is 3.43. The van der Waals surface area contributed by atoms with Gasteiger partial charge in [0.15, 0.2) is 11.5 Å². The number of nitrogens with zero attached hydrogens (tertiary/aromatic N) is 3. The molecule has 1 aliphatic carbocycles. The van der Waals surface area contributed by atoms with E-state index in [9.17, 15) is 36.2 Å². The van der Waals surface area contributed by atoms with E-state index in [1.807, 2.05) is 37.3 Å². The summed E-state index contributed by atoms with van der Waals surface area (Å²) in [5.74, 6) is -2.71. The quantitative estimate of drug-likeness (QED) is 0.215. The van der Waals surface area contributed by atoms with Crippen molar-refractivity contribution in [2.75, 3.05) is 0 Å². The molecule has 1 aliphatic rings. The van der Waals surface area contributed by atoms with Gasteiger partial charge in [0, 0.05) is 5.56 Å². The van der Waals surface area contributed by atoms with Crippen LogP contribution in [0.1, 0.15) is 64.3 Å². The van der Waals surface area contributed by atoms with Crippen LogP contribution in [-0.4, -0.2) is 32.0 Å². The number of aromatic nitrogens is 3. The SMILES string of the molecule is Cc1ccc(OCc2ccc(C3CCC(C(F)(F)F)CC3)cc2)c(-c2cccc(-n3ncc(C(=O)O)c3C(F)(F)F)n2)c1. The smallest absolute Gasteiger partial charge is 0.434 e. The zero-order chi connectivity index (χ0) is 30.9. The van der Waals surface area contributed by atoms with E-state index in [0.29, 0.717) is 40.7 Å². The minimum Gasteiger partial charge on any atom is -0.488 e. The second kappa shape index (κ2) is 11.7. The first-order valence-electron chi connectivity index (χ1n) is 13.6. The third-order valence-electron chi connectivity index (χ3n) is 7.67. The van der Waals surface area contributed by atoms with Gasteiger partial charge in [-0.05, 0) is 73.9 Å². The van der Waals surface area contributed by atoms with Gasteiger partial charge in [-0.3, -0.25) is 0 Å². The molecule has 2 heterocycles. The molecule has 0 aliphatic heterocycles. The van der Waals surface area contributed by atoms with E-state index in [0.717, 1.165) is 16.7 Å². The van der Waals surface area contributed by atoms with Crippen molar-refractivity contribution < 1.29 is 41.0 Å². The fourth-order valence-electron chi connectivity index (χ4n) is 5.41. The maximum absolute atomic E-state index is 13.8. The Balaban J connectivity index is 1.34. The van der Waals surface area contributed by atoms with Gasteiger partial charge in [-0.2, -0.15) is 31.4 Å². The van der Waals surface area contributed by atoms with Crippen LogP contribution in [0.2, 0.25) is 0 Å². The molecule has 0 amide bonds. The molecule has 1 fully saturated rings. The zero-order valence-electron chi connectivity index (χ0n) is 22.9. The summed E-state index contributed by atoms with van der Waals surface area (Å²) in [6.45, 7) is 2.00. The molecule has 0 atom stereocenters. The van der Waals surface area contributed by atoms with Gasteiger partial charge in [0.1, 0.15) is 17.9 Å². The largest absolute Gasteiger partial charge is 0.488 e. The van der Waals surface area contributed by atoms with Crippen LogP contribution in [0.5, 0.6) is 5.75 Å². The normalized spacial score (nSPS) is 17.6. The Morgan fingerprint density at radius 2 is 1.67 bits per heavy atom. The number of aryl methyl sites for hydroxylation is 1. The molecule has 2 aromatic heterocycles. The summed E-state index contributed by atoms with van der Waals surface area (Å²) in [4.78, 5) is 15.7. The van der Waals surface area contributed by atoms with Crippen molar-refractivity contribution in [3.05, 3.63) is 94.8 Å². The molecule has 2 aromatic carbocycles. The highest BCUT2D eigenvalue weighted by Crippen LogP contribution is 2.43. The molecule has 6 nitrogen and oxygen atoms in total. The number of carboxylic acid groups (broad SMARTS) is 1. The number of rotatable bonds is 7. The van der Waals surface area contributed by atoms with Crippen LogP contribution in [0.25, 0.3) is 17.1 Å². The van der Waals surface area contributed by atoms with Gasteiger partial charge < -0.3 is 9.84 Å². The number of benzene rings is 2. The number of carbonyl (C=O) groups is 1. The number of carboxylic acids is 1. The summed E-state index contributed by atoms with van der Waals surface area (Å²) < 4.78 is 86.9. The first-order valence-corrected chi connectivity index (χ1v) is 13.6. The maximum atomic E-state index is 13.8. The van der Waals surface area contributed by atoms with Gasteiger partial charge in [-0.1, -0.05) is 42.0 Å². The van der Waals surface area contributed by atoms with E-state index in [-0.39, 0.29) is 31.2 Å². The number of hydrogen-bond donors (Lipinski definition) is 1. The molecule has 5 rings (SSSR count). The van der Waals surface area contributed by atoms with Crippen LogP contribution in [0.4, 0.5) is 26.3 Å². The lowest BCUT2D eigenvalue weighted by Crippen LogP contribution is -2.27. The Bertz CT molecular complexity index is 1600. The van der Waals surface area contributed by atoms with Crippen molar-refractivity contribution in [3.8, 4) is 22.8 Å². The number of halogens is 6. The third-order valence-corrected chi connectivity index (χ3v) is 7.67.